The Bertz CT molecular complexity index is 830. The second-order valence-electron chi connectivity index (χ2n) is 6.08. The van der Waals surface area contributed by atoms with Gasteiger partial charge in [0.25, 0.3) is 0 Å². The summed E-state index contributed by atoms with van der Waals surface area (Å²) in [5, 5.41) is 2.32. The monoisotopic (exact) mass is 331 g/mol. The second kappa shape index (κ2) is 7.03. The lowest BCUT2D eigenvalue weighted by molar-refractivity contribution is -0.135. The van der Waals surface area contributed by atoms with E-state index in [1.165, 1.54) is 4.57 Å². The summed E-state index contributed by atoms with van der Waals surface area (Å²) in [4.78, 5) is 36.3. The van der Waals surface area contributed by atoms with Crippen molar-refractivity contribution >= 4 is 22.8 Å². The maximum atomic E-state index is 12.8. The van der Waals surface area contributed by atoms with Gasteiger partial charge in [-0.25, -0.2) is 4.79 Å². The molecule has 6 heteroatoms. The Labute approximate surface area is 141 Å². The molecule has 1 aliphatic heterocycles. The Hall–Kier alpha value is -2.37. The first-order valence-corrected chi connectivity index (χ1v) is 8.47. The van der Waals surface area contributed by atoms with E-state index in [4.69, 9.17) is 0 Å². The predicted molar refractivity (Wildman–Crippen MR) is 94.1 cm³/mol. The molecule has 1 unspecified atom stereocenters. The minimum absolute atomic E-state index is 0.00802. The molecule has 1 aromatic heterocycles. The second-order valence-corrected chi connectivity index (χ2v) is 6.08. The van der Waals surface area contributed by atoms with Crippen molar-refractivity contribution in [2.45, 2.75) is 59.5 Å². The van der Waals surface area contributed by atoms with Crippen LogP contribution in [-0.2, 0) is 9.59 Å². The van der Waals surface area contributed by atoms with Crippen LogP contribution in [0.15, 0.2) is 23.0 Å². The lowest BCUT2D eigenvalue weighted by atomic mass is 10.1. The highest BCUT2D eigenvalue weighted by Gasteiger charge is 2.31. The number of rotatable bonds is 2. The summed E-state index contributed by atoms with van der Waals surface area (Å²) in [6, 6.07) is 5.12. The van der Waals surface area contributed by atoms with Gasteiger partial charge in [-0.15, -0.1) is 0 Å². The van der Waals surface area contributed by atoms with Crippen LogP contribution in [-0.4, -0.2) is 20.9 Å². The van der Waals surface area contributed by atoms with E-state index in [0.29, 0.717) is 6.42 Å². The van der Waals surface area contributed by atoms with Crippen molar-refractivity contribution in [3.8, 4) is 0 Å². The molecule has 2 aromatic rings. The molecule has 0 radical (unpaired) electrons. The lowest BCUT2D eigenvalue weighted by Crippen LogP contribution is -2.44. The minimum Gasteiger partial charge on any atom is -0.295 e. The summed E-state index contributed by atoms with van der Waals surface area (Å²) in [5.74, 6) is -0.681. The third-order valence-electron chi connectivity index (χ3n) is 4.10. The molecule has 6 nitrogen and oxygen atoms in total. The molecule has 1 saturated heterocycles. The van der Waals surface area contributed by atoms with Crippen molar-refractivity contribution in [3.63, 3.8) is 0 Å². The molecule has 0 bridgehead atoms. The van der Waals surface area contributed by atoms with E-state index in [1.807, 2.05) is 52.8 Å². The van der Waals surface area contributed by atoms with E-state index in [0.717, 1.165) is 16.6 Å². The van der Waals surface area contributed by atoms with Gasteiger partial charge in [0.15, 0.2) is 0 Å². The van der Waals surface area contributed by atoms with E-state index < -0.39 is 11.9 Å². The smallest absolute Gasteiger partial charge is 0.295 e. The number of carbonyl (C=O) groups is 2. The number of fused-ring (bicyclic) bond motifs is 1. The van der Waals surface area contributed by atoms with E-state index in [1.54, 1.807) is 4.57 Å². The molecule has 1 N–H and O–H groups in total. The molecule has 1 atom stereocenters. The quantitative estimate of drug-likeness (QED) is 0.860. The number of imidazole rings is 1. The number of nitrogens with one attached hydrogen (secondary N) is 1. The van der Waals surface area contributed by atoms with Gasteiger partial charge >= 0.3 is 5.69 Å². The molecule has 2 amide bonds. The molecule has 130 valence electrons. The van der Waals surface area contributed by atoms with Crippen molar-refractivity contribution < 1.29 is 9.59 Å². The van der Waals surface area contributed by atoms with E-state index in [9.17, 15) is 14.4 Å². The number of nitrogens with zero attached hydrogens (tertiary/aromatic N) is 2. The van der Waals surface area contributed by atoms with Gasteiger partial charge in [0.05, 0.1) is 11.0 Å². The molecule has 0 saturated carbocycles. The topological polar surface area (TPSA) is 73.1 Å². The molecular formula is C18H25N3O3. The first-order valence-electron chi connectivity index (χ1n) is 8.47. The standard InChI is InChI=1S/C16H19N3O3.C2H6/c1-9(2)18-13-8-10(3)4-5-11(13)19(16(18)22)12-6-7-14(20)17-15(12)21;1-2/h4-5,8-9,12H,6-7H2,1-3H3,(H,17,20,21);1-2H3. The Kier molecular flexibility index (Phi) is 5.26. The van der Waals surface area contributed by atoms with Gasteiger partial charge in [0, 0.05) is 12.5 Å². The van der Waals surface area contributed by atoms with E-state index in [-0.39, 0.29) is 24.1 Å². The zero-order valence-electron chi connectivity index (χ0n) is 14.9. The number of carbonyl (C=O) groups excluding carboxylic acids is 2. The van der Waals surface area contributed by atoms with Crippen LogP contribution in [0.5, 0.6) is 0 Å². The number of aryl methyl sites for hydroxylation is 1. The Balaban J connectivity index is 0.00000100. The summed E-state index contributed by atoms with van der Waals surface area (Å²) >= 11 is 0. The van der Waals surface area contributed by atoms with Gasteiger partial charge in [-0.1, -0.05) is 19.9 Å². The van der Waals surface area contributed by atoms with Crippen LogP contribution in [0.1, 0.15) is 58.2 Å². The molecule has 1 aliphatic rings. The summed E-state index contributed by atoms with van der Waals surface area (Å²) in [6.07, 6.45) is 0.610. The number of benzene rings is 1. The number of hydrogen-bond acceptors (Lipinski definition) is 3. The highest BCUT2D eigenvalue weighted by Crippen LogP contribution is 2.25. The van der Waals surface area contributed by atoms with Crippen molar-refractivity contribution in [2.24, 2.45) is 0 Å². The maximum absolute atomic E-state index is 12.8. The van der Waals surface area contributed by atoms with E-state index >= 15 is 0 Å². The minimum atomic E-state index is -0.629. The third-order valence-corrected chi connectivity index (χ3v) is 4.10. The Morgan fingerprint density at radius 2 is 1.79 bits per heavy atom. The first kappa shape index (κ1) is 18.0. The van der Waals surface area contributed by atoms with E-state index in [2.05, 4.69) is 5.32 Å². The van der Waals surface area contributed by atoms with Crippen molar-refractivity contribution in [2.75, 3.05) is 0 Å². The fourth-order valence-electron chi connectivity index (χ4n) is 3.08. The zero-order valence-corrected chi connectivity index (χ0v) is 14.9. The fraction of sp³-hybridized carbons (Fsp3) is 0.500. The number of imide groups is 1. The highest BCUT2D eigenvalue weighted by molar-refractivity contribution is 6.00. The van der Waals surface area contributed by atoms with Crippen LogP contribution >= 0.6 is 0 Å². The van der Waals surface area contributed by atoms with Crippen LogP contribution in [0.3, 0.4) is 0 Å². The molecule has 1 fully saturated rings. The third kappa shape index (κ3) is 3.00. The Morgan fingerprint density at radius 1 is 1.12 bits per heavy atom. The van der Waals surface area contributed by atoms with Crippen LogP contribution in [0.25, 0.3) is 11.0 Å². The zero-order chi connectivity index (χ0) is 18.0. The predicted octanol–water partition coefficient (Wildman–Crippen LogP) is 2.70. The maximum Gasteiger partial charge on any atom is 0.330 e. The van der Waals surface area contributed by atoms with Gasteiger partial charge in [0.2, 0.25) is 11.8 Å². The first-order chi connectivity index (χ1) is 11.4. The Morgan fingerprint density at radius 3 is 2.38 bits per heavy atom. The van der Waals surface area contributed by atoms with Crippen LogP contribution in [0.4, 0.5) is 0 Å². The van der Waals surface area contributed by atoms with Gasteiger partial charge in [-0.05, 0) is 44.9 Å². The molecule has 1 aromatic carbocycles. The van der Waals surface area contributed by atoms with Gasteiger partial charge < -0.3 is 0 Å². The highest BCUT2D eigenvalue weighted by atomic mass is 16.2. The number of amides is 2. The average Bonchev–Trinajstić information content (AvgIpc) is 2.81. The summed E-state index contributed by atoms with van der Waals surface area (Å²) in [5.41, 5.74) is 2.41. The molecular weight excluding hydrogens is 306 g/mol. The summed E-state index contributed by atoms with van der Waals surface area (Å²) in [6.45, 7) is 9.86. The summed E-state index contributed by atoms with van der Waals surface area (Å²) < 4.78 is 3.22. The molecule has 0 spiro atoms. The average molecular weight is 331 g/mol. The molecule has 24 heavy (non-hydrogen) atoms. The largest absolute Gasteiger partial charge is 0.330 e. The molecule has 2 heterocycles. The summed E-state index contributed by atoms with van der Waals surface area (Å²) in [7, 11) is 0. The normalized spacial score (nSPS) is 17.7. The molecule has 0 aliphatic carbocycles. The van der Waals surface area contributed by atoms with Crippen LogP contribution in [0.2, 0.25) is 0 Å². The number of hydrogen-bond donors (Lipinski definition) is 1. The number of piperidine rings is 1. The van der Waals surface area contributed by atoms with Crippen molar-refractivity contribution in [3.05, 3.63) is 34.2 Å². The molecule has 3 rings (SSSR count). The van der Waals surface area contributed by atoms with Gasteiger partial charge in [0.1, 0.15) is 6.04 Å². The van der Waals surface area contributed by atoms with Gasteiger partial charge in [-0.3, -0.25) is 24.0 Å². The van der Waals surface area contributed by atoms with Crippen molar-refractivity contribution in [1.29, 1.82) is 0 Å². The lowest BCUT2D eigenvalue weighted by Gasteiger charge is -2.22. The number of aromatic nitrogens is 2. The van der Waals surface area contributed by atoms with Crippen molar-refractivity contribution in [1.82, 2.24) is 14.5 Å². The SMILES string of the molecule is CC.Cc1ccc2c(c1)n(C(C)C)c(=O)n2C1CCC(=O)NC1=O. The van der Waals surface area contributed by atoms with Crippen LogP contribution in [0, 0.1) is 6.92 Å². The van der Waals surface area contributed by atoms with Crippen LogP contribution < -0.4 is 11.0 Å². The van der Waals surface area contributed by atoms with Gasteiger partial charge in [-0.2, -0.15) is 0 Å². The fourth-order valence-corrected chi connectivity index (χ4v) is 3.08.